The van der Waals surface area contributed by atoms with Crippen LogP contribution in [0.2, 0.25) is 0 Å². The first-order valence-electron chi connectivity index (χ1n) is 6.43. The Kier molecular flexibility index (Phi) is 4.78. The molecule has 0 spiro atoms. The molecule has 2 rings (SSSR count). The van der Waals surface area contributed by atoms with Gasteiger partial charge in [-0.15, -0.1) is 0 Å². The van der Waals surface area contributed by atoms with Crippen molar-refractivity contribution in [2.75, 3.05) is 25.0 Å². The number of carbonyl (C=O) groups is 1. The van der Waals surface area contributed by atoms with Crippen LogP contribution in [0.15, 0.2) is 22.7 Å². The number of amides is 1. The molecule has 1 amide bonds. The van der Waals surface area contributed by atoms with Gasteiger partial charge in [0.05, 0.1) is 12.2 Å². The van der Waals surface area contributed by atoms with E-state index in [-0.39, 0.29) is 5.91 Å². The molecule has 0 radical (unpaired) electrons. The summed E-state index contributed by atoms with van der Waals surface area (Å²) in [6.07, 6.45) is 3.71. The third-order valence-electron chi connectivity index (χ3n) is 3.21. The van der Waals surface area contributed by atoms with E-state index in [2.05, 4.69) is 26.1 Å². The predicted molar refractivity (Wildman–Crippen MR) is 77.8 cm³/mol. The highest BCUT2D eigenvalue weighted by atomic mass is 79.9. The Morgan fingerprint density at radius 1 is 1.33 bits per heavy atom. The molecule has 4 heteroatoms. The molecule has 1 aliphatic heterocycles. The molecule has 1 heterocycles. The lowest BCUT2D eigenvalue weighted by atomic mass is 10.1. The van der Waals surface area contributed by atoms with Gasteiger partial charge in [-0.25, -0.2) is 0 Å². The molecule has 3 nitrogen and oxygen atoms in total. The lowest BCUT2D eigenvalue weighted by Gasteiger charge is -2.25. The van der Waals surface area contributed by atoms with Gasteiger partial charge in [-0.3, -0.25) is 9.69 Å². The number of nitrogens with one attached hydrogen (secondary N) is 1. The minimum atomic E-state index is 0.0708. The van der Waals surface area contributed by atoms with Crippen LogP contribution in [0, 0.1) is 6.92 Å². The Hall–Kier alpha value is -0.870. The second-order valence-corrected chi connectivity index (χ2v) is 5.72. The number of nitrogens with zero attached hydrogens (tertiary/aromatic N) is 1. The minimum absolute atomic E-state index is 0.0708. The average molecular weight is 311 g/mol. The Labute approximate surface area is 117 Å². The second kappa shape index (κ2) is 6.34. The van der Waals surface area contributed by atoms with Crippen LogP contribution in [0.3, 0.4) is 0 Å². The molecule has 0 atom stereocenters. The summed E-state index contributed by atoms with van der Waals surface area (Å²) in [4.78, 5) is 14.2. The first-order chi connectivity index (χ1) is 8.65. The van der Waals surface area contributed by atoms with E-state index in [1.165, 1.54) is 24.8 Å². The molecule has 1 N–H and O–H groups in total. The normalized spacial score (nSPS) is 16.6. The third kappa shape index (κ3) is 3.82. The fraction of sp³-hybridized carbons (Fsp3) is 0.500. The van der Waals surface area contributed by atoms with Crippen LogP contribution in [0.5, 0.6) is 0 Å². The molecule has 0 aromatic heterocycles. The van der Waals surface area contributed by atoms with Crippen LogP contribution in [0.1, 0.15) is 24.8 Å². The third-order valence-corrected chi connectivity index (χ3v) is 3.87. The zero-order valence-electron chi connectivity index (χ0n) is 10.7. The number of rotatable bonds is 3. The molecule has 98 valence electrons. The lowest BCUT2D eigenvalue weighted by molar-refractivity contribution is -0.117. The number of carbonyl (C=O) groups excluding carboxylic acids is 1. The highest BCUT2D eigenvalue weighted by Gasteiger charge is 2.14. The number of aryl methyl sites for hydroxylation is 1. The molecular formula is C14H19BrN2O. The summed E-state index contributed by atoms with van der Waals surface area (Å²) in [7, 11) is 0. The van der Waals surface area contributed by atoms with Crippen molar-refractivity contribution in [1.29, 1.82) is 0 Å². The first-order valence-corrected chi connectivity index (χ1v) is 7.23. The van der Waals surface area contributed by atoms with E-state index < -0.39 is 0 Å². The Morgan fingerprint density at radius 2 is 2.06 bits per heavy atom. The van der Waals surface area contributed by atoms with E-state index in [9.17, 15) is 4.79 Å². The van der Waals surface area contributed by atoms with Gasteiger partial charge in [0.1, 0.15) is 0 Å². The number of benzene rings is 1. The smallest absolute Gasteiger partial charge is 0.238 e. The van der Waals surface area contributed by atoms with Gasteiger partial charge in [-0.2, -0.15) is 0 Å². The zero-order valence-corrected chi connectivity index (χ0v) is 12.3. The highest BCUT2D eigenvalue weighted by molar-refractivity contribution is 9.10. The van der Waals surface area contributed by atoms with Crippen LogP contribution in [-0.4, -0.2) is 30.4 Å². The number of hydrogen-bond donors (Lipinski definition) is 1. The number of halogens is 1. The van der Waals surface area contributed by atoms with Crippen LogP contribution >= 0.6 is 15.9 Å². The molecule has 1 aliphatic rings. The van der Waals surface area contributed by atoms with Crippen LogP contribution in [0.25, 0.3) is 0 Å². The predicted octanol–water partition coefficient (Wildman–Crippen LogP) is 3.18. The van der Waals surface area contributed by atoms with Gasteiger partial charge < -0.3 is 5.32 Å². The molecular weight excluding hydrogens is 292 g/mol. The summed E-state index contributed by atoms with van der Waals surface area (Å²) < 4.78 is 0.939. The maximum Gasteiger partial charge on any atom is 0.238 e. The lowest BCUT2D eigenvalue weighted by Crippen LogP contribution is -2.36. The van der Waals surface area contributed by atoms with Crippen molar-refractivity contribution in [3.63, 3.8) is 0 Å². The van der Waals surface area contributed by atoms with Gasteiger partial charge in [0, 0.05) is 4.47 Å². The van der Waals surface area contributed by atoms with Crippen LogP contribution in [-0.2, 0) is 4.79 Å². The molecule has 0 unspecified atom stereocenters. The van der Waals surface area contributed by atoms with Crippen molar-refractivity contribution in [3.05, 3.63) is 28.2 Å². The van der Waals surface area contributed by atoms with Crippen molar-refractivity contribution >= 4 is 27.5 Å². The van der Waals surface area contributed by atoms with Crippen molar-refractivity contribution in [1.82, 2.24) is 4.90 Å². The van der Waals surface area contributed by atoms with Crippen molar-refractivity contribution in [3.8, 4) is 0 Å². The van der Waals surface area contributed by atoms with Gasteiger partial charge in [0.2, 0.25) is 5.91 Å². The Morgan fingerprint density at radius 3 is 2.72 bits per heavy atom. The molecule has 1 aromatic carbocycles. The summed E-state index contributed by atoms with van der Waals surface area (Å²) in [5.41, 5.74) is 2.03. The molecule has 1 saturated heterocycles. The first kappa shape index (κ1) is 13.6. The Balaban J connectivity index is 1.90. The number of hydrogen-bond acceptors (Lipinski definition) is 2. The van der Waals surface area contributed by atoms with E-state index in [1.807, 2.05) is 25.1 Å². The summed E-state index contributed by atoms with van der Waals surface area (Å²) in [5.74, 6) is 0.0708. The summed E-state index contributed by atoms with van der Waals surface area (Å²) >= 11 is 3.47. The molecule has 1 fully saturated rings. The van der Waals surface area contributed by atoms with Gasteiger partial charge in [-0.05, 0) is 66.5 Å². The second-order valence-electron chi connectivity index (χ2n) is 4.87. The van der Waals surface area contributed by atoms with E-state index in [0.717, 1.165) is 23.2 Å². The standard InChI is InChI=1S/C14H19BrN2O/c1-11-5-6-13(12(15)9-11)16-14(18)10-17-7-3-2-4-8-17/h5-6,9H,2-4,7-8,10H2,1H3,(H,16,18). The maximum atomic E-state index is 11.9. The van der Waals surface area contributed by atoms with Crippen LogP contribution < -0.4 is 5.32 Å². The summed E-state index contributed by atoms with van der Waals surface area (Å²) in [5, 5.41) is 2.96. The average Bonchev–Trinajstić information content (AvgIpc) is 2.34. The van der Waals surface area contributed by atoms with E-state index in [4.69, 9.17) is 0 Å². The fourth-order valence-corrected chi connectivity index (χ4v) is 2.82. The number of anilines is 1. The minimum Gasteiger partial charge on any atom is -0.324 e. The summed E-state index contributed by atoms with van der Waals surface area (Å²) in [6.45, 7) is 4.62. The molecule has 0 aliphatic carbocycles. The largest absolute Gasteiger partial charge is 0.324 e. The van der Waals surface area contributed by atoms with Crippen molar-refractivity contribution < 1.29 is 4.79 Å². The van der Waals surface area contributed by atoms with Gasteiger partial charge in [0.25, 0.3) is 0 Å². The van der Waals surface area contributed by atoms with E-state index in [1.54, 1.807) is 0 Å². The fourth-order valence-electron chi connectivity index (χ4n) is 2.23. The van der Waals surface area contributed by atoms with Gasteiger partial charge in [-0.1, -0.05) is 12.5 Å². The van der Waals surface area contributed by atoms with E-state index >= 15 is 0 Å². The summed E-state index contributed by atoms with van der Waals surface area (Å²) in [6, 6.07) is 5.95. The molecule has 0 saturated carbocycles. The number of piperidine rings is 1. The van der Waals surface area contributed by atoms with Crippen LogP contribution in [0.4, 0.5) is 5.69 Å². The number of likely N-dealkylation sites (tertiary alicyclic amines) is 1. The van der Waals surface area contributed by atoms with Crippen molar-refractivity contribution in [2.45, 2.75) is 26.2 Å². The van der Waals surface area contributed by atoms with Crippen molar-refractivity contribution in [2.24, 2.45) is 0 Å². The molecule has 1 aromatic rings. The SMILES string of the molecule is Cc1ccc(NC(=O)CN2CCCCC2)c(Br)c1. The van der Waals surface area contributed by atoms with Gasteiger partial charge >= 0.3 is 0 Å². The van der Waals surface area contributed by atoms with E-state index in [0.29, 0.717) is 6.54 Å². The quantitative estimate of drug-likeness (QED) is 0.930. The van der Waals surface area contributed by atoms with Gasteiger partial charge in [0.15, 0.2) is 0 Å². The zero-order chi connectivity index (χ0) is 13.0. The highest BCUT2D eigenvalue weighted by Crippen LogP contribution is 2.23. The molecule has 18 heavy (non-hydrogen) atoms. The molecule has 0 bridgehead atoms. The monoisotopic (exact) mass is 310 g/mol. The Bertz CT molecular complexity index is 428. The topological polar surface area (TPSA) is 32.3 Å². The maximum absolute atomic E-state index is 11.9.